The molecule has 0 fully saturated rings. The van der Waals surface area contributed by atoms with E-state index in [0.717, 1.165) is 11.5 Å². The lowest BCUT2D eigenvalue weighted by Crippen LogP contribution is -2.11. The standard InChI is InChI=1S/C15H24O/c1-11(2)9-15(16)10-13(4)14-7-5-12(3)6-8-14/h7,9,12-13H,5-6,8,10H2,1-4H3/t12?,13-/m0/s1. The van der Waals surface area contributed by atoms with Gasteiger partial charge < -0.3 is 0 Å². The first-order valence-corrected chi connectivity index (χ1v) is 6.35. The minimum absolute atomic E-state index is 0.270. The van der Waals surface area contributed by atoms with E-state index in [9.17, 15) is 4.79 Å². The molecule has 1 aliphatic carbocycles. The molecule has 0 amide bonds. The molecule has 0 bridgehead atoms. The van der Waals surface area contributed by atoms with Crippen molar-refractivity contribution in [1.29, 1.82) is 0 Å². The van der Waals surface area contributed by atoms with Gasteiger partial charge in [-0.15, -0.1) is 0 Å². The van der Waals surface area contributed by atoms with Crippen molar-refractivity contribution in [2.75, 3.05) is 0 Å². The molecule has 0 saturated heterocycles. The summed E-state index contributed by atoms with van der Waals surface area (Å²) < 4.78 is 0. The van der Waals surface area contributed by atoms with Crippen LogP contribution >= 0.6 is 0 Å². The summed E-state index contributed by atoms with van der Waals surface area (Å²) in [4.78, 5) is 11.7. The van der Waals surface area contributed by atoms with Gasteiger partial charge in [0.25, 0.3) is 0 Å². The van der Waals surface area contributed by atoms with Gasteiger partial charge in [0.15, 0.2) is 5.78 Å². The van der Waals surface area contributed by atoms with E-state index in [1.807, 2.05) is 13.8 Å². The fourth-order valence-electron chi connectivity index (χ4n) is 2.25. The van der Waals surface area contributed by atoms with Crippen LogP contribution in [-0.2, 0) is 4.79 Å². The van der Waals surface area contributed by atoms with Crippen molar-refractivity contribution in [1.82, 2.24) is 0 Å². The van der Waals surface area contributed by atoms with E-state index in [4.69, 9.17) is 0 Å². The molecule has 0 spiro atoms. The Bertz CT molecular complexity index is 305. The summed E-state index contributed by atoms with van der Waals surface area (Å²) in [5.41, 5.74) is 2.59. The van der Waals surface area contributed by atoms with Crippen molar-refractivity contribution >= 4 is 5.78 Å². The summed E-state index contributed by atoms with van der Waals surface area (Å²) in [6.07, 6.45) is 8.45. The maximum atomic E-state index is 11.7. The van der Waals surface area contributed by atoms with Crippen LogP contribution < -0.4 is 0 Å². The van der Waals surface area contributed by atoms with Crippen molar-refractivity contribution < 1.29 is 4.79 Å². The van der Waals surface area contributed by atoms with Gasteiger partial charge in [-0.25, -0.2) is 0 Å². The molecule has 1 heteroatoms. The van der Waals surface area contributed by atoms with Gasteiger partial charge in [-0.3, -0.25) is 4.79 Å². The van der Waals surface area contributed by atoms with Gasteiger partial charge in [-0.2, -0.15) is 0 Å². The lowest BCUT2D eigenvalue weighted by atomic mass is 9.83. The number of hydrogen-bond donors (Lipinski definition) is 0. The third-order valence-electron chi connectivity index (χ3n) is 3.30. The molecule has 1 nitrogen and oxygen atoms in total. The smallest absolute Gasteiger partial charge is 0.156 e. The molecule has 0 saturated carbocycles. The van der Waals surface area contributed by atoms with Crippen LogP contribution in [0.1, 0.15) is 53.4 Å². The highest BCUT2D eigenvalue weighted by molar-refractivity contribution is 5.90. The van der Waals surface area contributed by atoms with Crippen molar-refractivity contribution in [3.63, 3.8) is 0 Å². The molecule has 2 atom stereocenters. The first-order valence-electron chi connectivity index (χ1n) is 6.35. The Balaban J connectivity index is 2.49. The van der Waals surface area contributed by atoms with Gasteiger partial charge in [0.05, 0.1) is 0 Å². The van der Waals surface area contributed by atoms with E-state index in [-0.39, 0.29) is 5.78 Å². The second-order valence-corrected chi connectivity index (χ2v) is 5.45. The minimum Gasteiger partial charge on any atom is -0.295 e. The minimum atomic E-state index is 0.270. The summed E-state index contributed by atoms with van der Waals surface area (Å²) in [5, 5.41) is 0. The first kappa shape index (κ1) is 13.2. The molecule has 1 unspecified atom stereocenters. The maximum Gasteiger partial charge on any atom is 0.156 e. The average Bonchev–Trinajstić information content (AvgIpc) is 2.16. The number of hydrogen-bond acceptors (Lipinski definition) is 1. The number of carbonyl (C=O) groups is 1. The van der Waals surface area contributed by atoms with Gasteiger partial charge in [0.2, 0.25) is 0 Å². The average molecular weight is 220 g/mol. The van der Waals surface area contributed by atoms with E-state index >= 15 is 0 Å². The Morgan fingerprint density at radius 3 is 2.75 bits per heavy atom. The molecule has 0 radical (unpaired) electrons. The molecule has 90 valence electrons. The topological polar surface area (TPSA) is 17.1 Å². The summed E-state index contributed by atoms with van der Waals surface area (Å²) >= 11 is 0. The predicted molar refractivity (Wildman–Crippen MR) is 69.3 cm³/mol. The first-order chi connectivity index (χ1) is 7.49. The number of allylic oxidation sites excluding steroid dienone is 4. The SMILES string of the molecule is CC(C)=CC(=O)C[C@H](C)C1=CCC(C)CC1. The molecule has 0 aromatic heterocycles. The van der Waals surface area contributed by atoms with Crippen molar-refractivity contribution in [2.45, 2.75) is 53.4 Å². The van der Waals surface area contributed by atoms with Crippen LogP contribution in [0.3, 0.4) is 0 Å². The molecule has 0 aliphatic heterocycles. The second-order valence-electron chi connectivity index (χ2n) is 5.45. The Hall–Kier alpha value is -0.850. The Morgan fingerprint density at radius 1 is 1.56 bits per heavy atom. The zero-order valence-electron chi connectivity index (χ0n) is 11.0. The highest BCUT2D eigenvalue weighted by atomic mass is 16.1. The molecule has 0 aromatic carbocycles. The van der Waals surface area contributed by atoms with Gasteiger partial charge in [0, 0.05) is 6.42 Å². The molecular weight excluding hydrogens is 196 g/mol. The van der Waals surface area contributed by atoms with Crippen LogP contribution in [0.4, 0.5) is 0 Å². The second kappa shape index (κ2) is 6.03. The van der Waals surface area contributed by atoms with Crippen LogP contribution in [0.5, 0.6) is 0 Å². The zero-order valence-corrected chi connectivity index (χ0v) is 11.0. The third-order valence-corrected chi connectivity index (χ3v) is 3.30. The Morgan fingerprint density at radius 2 is 2.25 bits per heavy atom. The predicted octanol–water partition coefficient (Wildman–Crippen LogP) is 4.29. The quantitative estimate of drug-likeness (QED) is 0.510. The van der Waals surface area contributed by atoms with Crippen molar-refractivity contribution in [3.8, 4) is 0 Å². The zero-order chi connectivity index (χ0) is 12.1. The molecule has 0 heterocycles. The maximum absolute atomic E-state index is 11.7. The van der Waals surface area contributed by atoms with Gasteiger partial charge >= 0.3 is 0 Å². The van der Waals surface area contributed by atoms with Gasteiger partial charge in [-0.05, 0) is 51.0 Å². The molecule has 1 rings (SSSR count). The van der Waals surface area contributed by atoms with Crippen LogP contribution in [0.15, 0.2) is 23.3 Å². The van der Waals surface area contributed by atoms with E-state index < -0.39 is 0 Å². The van der Waals surface area contributed by atoms with Gasteiger partial charge in [-0.1, -0.05) is 31.1 Å². The highest BCUT2D eigenvalue weighted by Crippen LogP contribution is 2.29. The lowest BCUT2D eigenvalue weighted by molar-refractivity contribution is -0.115. The summed E-state index contributed by atoms with van der Waals surface area (Å²) in [7, 11) is 0. The van der Waals surface area contributed by atoms with Crippen LogP contribution in [-0.4, -0.2) is 5.78 Å². The molecule has 0 aromatic rings. The monoisotopic (exact) mass is 220 g/mol. The number of carbonyl (C=O) groups excluding carboxylic acids is 1. The fraction of sp³-hybridized carbons (Fsp3) is 0.667. The summed E-state index contributed by atoms with van der Waals surface area (Å²) in [6.45, 7) is 8.43. The van der Waals surface area contributed by atoms with E-state index in [1.165, 1.54) is 24.8 Å². The molecule has 1 aliphatic rings. The van der Waals surface area contributed by atoms with Crippen molar-refractivity contribution in [3.05, 3.63) is 23.3 Å². The summed E-state index contributed by atoms with van der Waals surface area (Å²) in [6, 6.07) is 0. The molecule has 16 heavy (non-hydrogen) atoms. The van der Waals surface area contributed by atoms with Crippen LogP contribution in [0.2, 0.25) is 0 Å². The Labute approximate surface area is 99.6 Å². The summed E-state index contributed by atoms with van der Waals surface area (Å²) in [5.74, 6) is 1.52. The molecular formula is C15H24O. The normalized spacial score (nSPS) is 22.2. The van der Waals surface area contributed by atoms with Crippen LogP contribution in [0, 0.1) is 11.8 Å². The van der Waals surface area contributed by atoms with Crippen molar-refractivity contribution in [2.24, 2.45) is 11.8 Å². The van der Waals surface area contributed by atoms with E-state index in [0.29, 0.717) is 12.3 Å². The largest absolute Gasteiger partial charge is 0.295 e. The van der Waals surface area contributed by atoms with Crippen LogP contribution in [0.25, 0.3) is 0 Å². The third kappa shape index (κ3) is 4.34. The van der Waals surface area contributed by atoms with E-state index in [2.05, 4.69) is 19.9 Å². The number of rotatable bonds is 4. The fourth-order valence-corrected chi connectivity index (χ4v) is 2.25. The lowest BCUT2D eigenvalue weighted by Gasteiger charge is -2.22. The Kier molecular flexibility index (Phi) is 4.98. The highest BCUT2D eigenvalue weighted by Gasteiger charge is 2.16. The number of ketones is 1. The van der Waals surface area contributed by atoms with E-state index in [1.54, 1.807) is 6.08 Å². The molecule has 0 N–H and O–H groups in total. The van der Waals surface area contributed by atoms with Gasteiger partial charge in [0.1, 0.15) is 0 Å².